The van der Waals surface area contributed by atoms with Crippen molar-refractivity contribution >= 4 is 17.7 Å². The van der Waals surface area contributed by atoms with Gasteiger partial charge in [-0.1, -0.05) is 0 Å². The molecule has 7 nitrogen and oxygen atoms in total. The van der Waals surface area contributed by atoms with Gasteiger partial charge < -0.3 is 15.7 Å². The fourth-order valence-electron chi connectivity index (χ4n) is 1.21. The molecule has 0 bridgehead atoms. The SMILES string of the molecule is O=C(CNc1cnc(C(=O)O)cn1)NC1CC1. The van der Waals surface area contributed by atoms with Crippen LogP contribution in [0.25, 0.3) is 0 Å². The minimum absolute atomic E-state index is 0.100. The molecule has 1 aliphatic rings. The summed E-state index contributed by atoms with van der Waals surface area (Å²) in [5.41, 5.74) is -0.127. The van der Waals surface area contributed by atoms with Crippen LogP contribution in [0, 0.1) is 0 Å². The molecule has 0 spiro atoms. The van der Waals surface area contributed by atoms with Crippen LogP contribution in [0.4, 0.5) is 5.82 Å². The number of anilines is 1. The molecule has 1 aromatic rings. The Morgan fingerprint density at radius 2 is 2.12 bits per heavy atom. The van der Waals surface area contributed by atoms with E-state index >= 15 is 0 Å². The second-order valence-corrected chi connectivity index (χ2v) is 3.79. The van der Waals surface area contributed by atoms with Gasteiger partial charge in [-0.2, -0.15) is 0 Å². The first-order valence-electron chi connectivity index (χ1n) is 5.24. The Bertz CT molecular complexity index is 428. The van der Waals surface area contributed by atoms with Gasteiger partial charge in [0.2, 0.25) is 5.91 Å². The molecule has 1 amide bonds. The fraction of sp³-hybridized carbons (Fsp3) is 0.400. The van der Waals surface area contributed by atoms with E-state index in [1.54, 1.807) is 0 Å². The van der Waals surface area contributed by atoms with Gasteiger partial charge in [0.25, 0.3) is 0 Å². The first kappa shape index (κ1) is 11.3. The predicted octanol–water partition coefficient (Wildman–Crippen LogP) is -0.135. The Kier molecular flexibility index (Phi) is 3.17. The van der Waals surface area contributed by atoms with Crippen molar-refractivity contribution in [2.75, 3.05) is 11.9 Å². The van der Waals surface area contributed by atoms with Crippen molar-refractivity contribution in [3.05, 3.63) is 18.1 Å². The highest BCUT2D eigenvalue weighted by atomic mass is 16.4. The number of nitrogens with zero attached hydrogens (tertiary/aromatic N) is 2. The van der Waals surface area contributed by atoms with Crippen molar-refractivity contribution in [3.63, 3.8) is 0 Å². The molecular weight excluding hydrogens is 224 g/mol. The Balaban J connectivity index is 1.81. The van der Waals surface area contributed by atoms with Gasteiger partial charge in [-0.05, 0) is 12.8 Å². The van der Waals surface area contributed by atoms with E-state index in [1.165, 1.54) is 6.20 Å². The van der Waals surface area contributed by atoms with Gasteiger partial charge in [-0.25, -0.2) is 14.8 Å². The average molecular weight is 236 g/mol. The third kappa shape index (κ3) is 3.40. The highest BCUT2D eigenvalue weighted by molar-refractivity contribution is 5.85. The third-order valence-electron chi connectivity index (χ3n) is 2.24. The minimum Gasteiger partial charge on any atom is -0.476 e. The minimum atomic E-state index is -1.13. The fourth-order valence-corrected chi connectivity index (χ4v) is 1.21. The molecule has 2 rings (SSSR count). The average Bonchev–Trinajstić information content (AvgIpc) is 3.11. The second-order valence-electron chi connectivity index (χ2n) is 3.79. The number of hydrogen-bond acceptors (Lipinski definition) is 5. The molecule has 0 atom stereocenters. The van der Waals surface area contributed by atoms with E-state index in [0.29, 0.717) is 11.9 Å². The molecule has 0 unspecified atom stereocenters. The van der Waals surface area contributed by atoms with Gasteiger partial charge >= 0.3 is 5.97 Å². The lowest BCUT2D eigenvalue weighted by Crippen LogP contribution is -2.31. The number of carboxylic acids is 1. The maximum atomic E-state index is 11.3. The highest BCUT2D eigenvalue weighted by Crippen LogP contribution is 2.18. The van der Waals surface area contributed by atoms with Crippen LogP contribution >= 0.6 is 0 Å². The van der Waals surface area contributed by atoms with Crippen molar-refractivity contribution in [3.8, 4) is 0 Å². The van der Waals surface area contributed by atoms with Crippen LogP contribution in [0.2, 0.25) is 0 Å². The Morgan fingerprint density at radius 3 is 2.65 bits per heavy atom. The summed E-state index contributed by atoms with van der Waals surface area (Å²) < 4.78 is 0. The number of carboxylic acid groups (broad SMARTS) is 1. The number of carbonyl (C=O) groups excluding carboxylic acids is 1. The van der Waals surface area contributed by atoms with Gasteiger partial charge in [0.1, 0.15) is 5.82 Å². The van der Waals surface area contributed by atoms with Crippen LogP contribution in [-0.4, -0.2) is 39.5 Å². The van der Waals surface area contributed by atoms with Crippen molar-refractivity contribution in [1.82, 2.24) is 15.3 Å². The molecular formula is C10H12N4O3. The van der Waals surface area contributed by atoms with Crippen LogP contribution < -0.4 is 10.6 Å². The molecule has 90 valence electrons. The molecule has 1 fully saturated rings. The van der Waals surface area contributed by atoms with Gasteiger partial charge in [0, 0.05) is 6.04 Å². The van der Waals surface area contributed by atoms with Crippen LogP contribution in [0.15, 0.2) is 12.4 Å². The molecule has 1 saturated carbocycles. The third-order valence-corrected chi connectivity index (χ3v) is 2.24. The second kappa shape index (κ2) is 4.77. The summed E-state index contributed by atoms with van der Waals surface area (Å²) in [4.78, 5) is 29.4. The molecule has 7 heteroatoms. The van der Waals surface area contributed by atoms with E-state index < -0.39 is 5.97 Å². The number of amides is 1. The Hall–Kier alpha value is -2.18. The van der Waals surface area contributed by atoms with E-state index in [-0.39, 0.29) is 18.1 Å². The Morgan fingerprint density at radius 1 is 1.35 bits per heavy atom. The largest absolute Gasteiger partial charge is 0.476 e. The van der Waals surface area contributed by atoms with E-state index in [2.05, 4.69) is 20.6 Å². The molecule has 0 saturated heterocycles. The standard InChI is InChI=1S/C10H12N4O3/c15-9(14-6-1-2-6)5-13-8-4-11-7(3-12-8)10(16)17/h3-4,6H,1-2,5H2,(H,12,13)(H,14,15)(H,16,17). The zero-order valence-corrected chi connectivity index (χ0v) is 9.01. The topological polar surface area (TPSA) is 104 Å². The summed E-state index contributed by atoms with van der Waals surface area (Å²) >= 11 is 0. The van der Waals surface area contributed by atoms with Crippen LogP contribution in [0.5, 0.6) is 0 Å². The monoisotopic (exact) mass is 236 g/mol. The zero-order chi connectivity index (χ0) is 12.3. The molecule has 0 aliphatic heterocycles. The van der Waals surface area contributed by atoms with Gasteiger partial charge in [0.15, 0.2) is 5.69 Å². The van der Waals surface area contributed by atoms with Crippen molar-refractivity contribution in [2.24, 2.45) is 0 Å². The van der Waals surface area contributed by atoms with E-state index in [4.69, 9.17) is 5.11 Å². The molecule has 17 heavy (non-hydrogen) atoms. The number of aromatic carboxylic acids is 1. The quantitative estimate of drug-likeness (QED) is 0.657. The molecule has 0 aromatic carbocycles. The smallest absolute Gasteiger partial charge is 0.356 e. The highest BCUT2D eigenvalue weighted by Gasteiger charge is 2.22. The molecule has 1 heterocycles. The summed E-state index contributed by atoms with van der Waals surface area (Å²) in [5, 5.41) is 14.2. The number of hydrogen-bond donors (Lipinski definition) is 3. The summed E-state index contributed by atoms with van der Waals surface area (Å²) in [6.07, 6.45) is 4.51. The number of nitrogens with one attached hydrogen (secondary N) is 2. The number of rotatable bonds is 5. The maximum absolute atomic E-state index is 11.3. The number of aromatic nitrogens is 2. The molecule has 1 aromatic heterocycles. The first-order chi connectivity index (χ1) is 8.15. The lowest BCUT2D eigenvalue weighted by atomic mass is 10.4. The summed E-state index contributed by atoms with van der Waals surface area (Å²) in [6.45, 7) is 0.109. The molecule has 1 aliphatic carbocycles. The Labute approximate surface area is 97.3 Å². The summed E-state index contributed by atoms with van der Waals surface area (Å²) in [6, 6.07) is 0.324. The van der Waals surface area contributed by atoms with Gasteiger partial charge in [-0.15, -0.1) is 0 Å². The molecule has 0 radical (unpaired) electrons. The lowest BCUT2D eigenvalue weighted by Gasteiger charge is -2.05. The van der Waals surface area contributed by atoms with Crippen molar-refractivity contribution in [1.29, 1.82) is 0 Å². The van der Waals surface area contributed by atoms with E-state index in [1.807, 2.05) is 0 Å². The van der Waals surface area contributed by atoms with Gasteiger partial charge in [0.05, 0.1) is 18.9 Å². The maximum Gasteiger partial charge on any atom is 0.356 e. The zero-order valence-electron chi connectivity index (χ0n) is 9.01. The first-order valence-corrected chi connectivity index (χ1v) is 5.24. The van der Waals surface area contributed by atoms with Crippen molar-refractivity contribution in [2.45, 2.75) is 18.9 Å². The van der Waals surface area contributed by atoms with E-state index in [0.717, 1.165) is 19.0 Å². The van der Waals surface area contributed by atoms with E-state index in [9.17, 15) is 9.59 Å². The van der Waals surface area contributed by atoms with Gasteiger partial charge in [-0.3, -0.25) is 4.79 Å². The van der Waals surface area contributed by atoms with Crippen LogP contribution in [0.3, 0.4) is 0 Å². The van der Waals surface area contributed by atoms with Crippen molar-refractivity contribution < 1.29 is 14.7 Å². The lowest BCUT2D eigenvalue weighted by molar-refractivity contribution is -0.119. The van der Waals surface area contributed by atoms with Crippen LogP contribution in [-0.2, 0) is 4.79 Å². The van der Waals surface area contributed by atoms with Crippen LogP contribution in [0.1, 0.15) is 23.3 Å². The normalized spacial score (nSPS) is 14.1. The number of carbonyl (C=O) groups is 2. The molecule has 3 N–H and O–H groups in total. The summed E-state index contributed by atoms with van der Waals surface area (Å²) in [5.74, 6) is -0.854. The predicted molar refractivity (Wildman–Crippen MR) is 58.6 cm³/mol. The summed E-state index contributed by atoms with van der Waals surface area (Å²) in [7, 11) is 0.